The number of rotatable bonds is 4. The molecule has 12 heteroatoms. The minimum absolute atomic E-state index is 0.00915. The summed E-state index contributed by atoms with van der Waals surface area (Å²) in [6.07, 6.45) is 4.63. The lowest BCUT2D eigenvalue weighted by atomic mass is 9.69. The number of carbonyl (C=O) groups is 1. The molecule has 1 unspecified atom stereocenters. The van der Waals surface area contributed by atoms with Crippen LogP contribution in [0.1, 0.15) is 49.9 Å². The second kappa shape index (κ2) is 10.3. The fraction of sp³-hybridized carbons (Fsp3) is 0.407. The van der Waals surface area contributed by atoms with Crippen LogP contribution in [-0.4, -0.2) is 56.0 Å². The molecule has 2 saturated heterocycles. The maximum absolute atomic E-state index is 13.6. The van der Waals surface area contributed by atoms with Crippen LogP contribution in [0.15, 0.2) is 46.1 Å². The quantitative estimate of drug-likeness (QED) is 0.468. The molecular weight excluding hydrogens is 547 g/mol. The van der Waals surface area contributed by atoms with Gasteiger partial charge in [0.1, 0.15) is 17.7 Å². The topological polar surface area (TPSA) is 127 Å². The average Bonchev–Trinajstić information content (AvgIpc) is 2.86. The summed E-state index contributed by atoms with van der Waals surface area (Å²) in [4.78, 5) is 40.9. The zero-order chi connectivity index (χ0) is 27.9. The highest BCUT2D eigenvalue weighted by Crippen LogP contribution is 2.45. The van der Waals surface area contributed by atoms with Crippen LogP contribution in [0.2, 0.25) is 10.0 Å². The van der Waals surface area contributed by atoms with E-state index in [9.17, 15) is 19.5 Å². The second-order valence-electron chi connectivity index (χ2n) is 10.7. The van der Waals surface area contributed by atoms with E-state index in [1.165, 1.54) is 30.3 Å². The molecule has 0 radical (unpaired) electrons. The monoisotopic (exact) mass is 574 g/mol. The number of phenolic OH excluding ortho intramolecular Hbond substituents is 1. The molecule has 1 atom stereocenters. The maximum atomic E-state index is 13.6. The smallest absolute Gasteiger partial charge is 0.349 e. The van der Waals surface area contributed by atoms with E-state index in [2.05, 4.69) is 23.9 Å². The van der Waals surface area contributed by atoms with Crippen LogP contribution in [0, 0.1) is 5.41 Å². The van der Waals surface area contributed by atoms with Gasteiger partial charge in [0, 0.05) is 19.7 Å². The number of aromatic nitrogens is 3. The zero-order valence-corrected chi connectivity index (χ0v) is 23.0. The van der Waals surface area contributed by atoms with Crippen molar-refractivity contribution in [2.45, 2.75) is 45.1 Å². The molecule has 39 heavy (non-hydrogen) atoms. The summed E-state index contributed by atoms with van der Waals surface area (Å²) in [6, 6.07) is 7.16. The van der Waals surface area contributed by atoms with E-state index in [0.717, 1.165) is 36.6 Å². The third kappa shape index (κ3) is 5.68. The number of amides is 1. The summed E-state index contributed by atoms with van der Waals surface area (Å²) in [7, 11) is 0. The number of benzene rings is 2. The van der Waals surface area contributed by atoms with Gasteiger partial charge in [0.15, 0.2) is 5.75 Å². The Balaban J connectivity index is 1.39. The van der Waals surface area contributed by atoms with Crippen LogP contribution < -0.4 is 16.0 Å². The minimum atomic E-state index is -0.756. The molecule has 3 heterocycles. The normalized spacial score (nSPS) is 20.7. The molecule has 10 nitrogen and oxygen atoms in total. The van der Waals surface area contributed by atoms with Gasteiger partial charge >= 0.3 is 5.69 Å². The molecule has 2 aromatic carbocycles. The minimum Gasteiger partial charge on any atom is -0.507 e. The Bertz CT molecular complexity index is 1520. The number of piperidine rings is 1. The predicted molar refractivity (Wildman–Crippen MR) is 145 cm³/mol. The van der Waals surface area contributed by atoms with Crippen molar-refractivity contribution >= 4 is 29.1 Å². The Labute approximate surface area is 234 Å². The fourth-order valence-electron chi connectivity index (χ4n) is 5.66. The Morgan fingerprint density at radius 3 is 2.59 bits per heavy atom. The number of halogens is 2. The molecule has 2 aliphatic heterocycles. The summed E-state index contributed by atoms with van der Waals surface area (Å²) in [6.45, 7) is 6.03. The molecule has 206 valence electrons. The van der Waals surface area contributed by atoms with Gasteiger partial charge in [-0.25, -0.2) is 4.79 Å². The lowest BCUT2D eigenvalue weighted by molar-refractivity contribution is -0.119. The van der Waals surface area contributed by atoms with Crippen molar-refractivity contribution in [3.63, 3.8) is 0 Å². The highest BCUT2D eigenvalue weighted by atomic mass is 35.5. The number of carbonyl (C=O) groups excluding carboxylic acids is 1. The van der Waals surface area contributed by atoms with E-state index < -0.39 is 11.2 Å². The summed E-state index contributed by atoms with van der Waals surface area (Å²) >= 11 is 12.8. The first-order chi connectivity index (χ1) is 18.5. The number of ether oxygens (including phenoxy) is 2. The predicted octanol–water partition coefficient (Wildman–Crippen LogP) is 4.54. The summed E-state index contributed by atoms with van der Waals surface area (Å²) < 4.78 is 12.8. The second-order valence-corrected chi connectivity index (χ2v) is 11.5. The van der Waals surface area contributed by atoms with Gasteiger partial charge in [-0.1, -0.05) is 23.2 Å². The molecule has 2 N–H and O–H groups in total. The van der Waals surface area contributed by atoms with Gasteiger partial charge in [-0.15, -0.1) is 0 Å². The average molecular weight is 575 g/mol. The number of hydrogen-bond acceptors (Lipinski definition) is 7. The van der Waals surface area contributed by atoms with E-state index in [1.807, 2.05) is 0 Å². The van der Waals surface area contributed by atoms with Crippen LogP contribution in [0.4, 0.5) is 0 Å². The Morgan fingerprint density at radius 1 is 1.15 bits per heavy atom. The highest BCUT2D eigenvalue weighted by molar-refractivity contribution is 6.37. The van der Waals surface area contributed by atoms with Crippen LogP contribution in [0.5, 0.6) is 17.2 Å². The number of aromatic amines is 1. The van der Waals surface area contributed by atoms with Crippen LogP contribution in [0.25, 0.3) is 5.69 Å². The number of phenols is 1. The van der Waals surface area contributed by atoms with Gasteiger partial charge in [0.25, 0.3) is 11.5 Å². The lowest BCUT2D eigenvalue weighted by Gasteiger charge is -2.49. The van der Waals surface area contributed by atoms with Crippen molar-refractivity contribution < 1.29 is 19.4 Å². The number of nitrogens with zero attached hydrogens (tertiary/aromatic N) is 3. The molecule has 3 aromatic rings. The van der Waals surface area contributed by atoms with Gasteiger partial charge in [-0.2, -0.15) is 9.78 Å². The molecule has 0 bridgehead atoms. The molecular formula is C27H28Cl2N4O6. The van der Waals surface area contributed by atoms with Crippen molar-refractivity contribution in [2.24, 2.45) is 5.41 Å². The van der Waals surface area contributed by atoms with Gasteiger partial charge < -0.3 is 19.5 Å². The van der Waals surface area contributed by atoms with Gasteiger partial charge in [0.05, 0.1) is 26.9 Å². The van der Waals surface area contributed by atoms with E-state index >= 15 is 0 Å². The Hall–Kier alpha value is -3.34. The SMILES string of the molecule is CC1(C)CC2(CCCN(C(=O)c3cc(Oc4c(Cl)cc(-n5ncc(=O)[nH]c5=O)cc4Cl)ccc3O)C2)CCO1. The van der Waals surface area contributed by atoms with Crippen molar-refractivity contribution in [1.82, 2.24) is 19.7 Å². The Kier molecular flexibility index (Phi) is 7.21. The van der Waals surface area contributed by atoms with E-state index in [1.54, 1.807) is 4.90 Å². The summed E-state index contributed by atoms with van der Waals surface area (Å²) in [5.74, 6) is -0.108. The number of aromatic hydroxyl groups is 1. The highest BCUT2D eigenvalue weighted by Gasteiger charge is 2.44. The first-order valence-corrected chi connectivity index (χ1v) is 13.3. The first kappa shape index (κ1) is 27.2. The van der Waals surface area contributed by atoms with Gasteiger partial charge in [0.2, 0.25) is 0 Å². The molecule has 2 fully saturated rings. The van der Waals surface area contributed by atoms with Crippen LogP contribution >= 0.6 is 23.2 Å². The van der Waals surface area contributed by atoms with Crippen molar-refractivity contribution in [3.8, 4) is 22.9 Å². The van der Waals surface area contributed by atoms with Crippen molar-refractivity contribution in [3.05, 3.63) is 73.0 Å². The van der Waals surface area contributed by atoms with Gasteiger partial charge in [-0.05, 0) is 75.3 Å². The number of likely N-dealkylation sites (tertiary alicyclic amines) is 1. The number of H-pyrrole nitrogens is 1. The van der Waals surface area contributed by atoms with Crippen LogP contribution in [0.3, 0.4) is 0 Å². The summed E-state index contributed by atoms with van der Waals surface area (Å²) in [5, 5.41) is 14.5. The Morgan fingerprint density at radius 2 is 1.90 bits per heavy atom. The molecule has 0 saturated carbocycles. The number of nitrogens with one attached hydrogen (secondary N) is 1. The van der Waals surface area contributed by atoms with E-state index in [0.29, 0.717) is 19.7 Å². The first-order valence-electron chi connectivity index (χ1n) is 12.6. The van der Waals surface area contributed by atoms with E-state index in [4.69, 9.17) is 32.7 Å². The fourth-order valence-corrected chi connectivity index (χ4v) is 6.21. The van der Waals surface area contributed by atoms with Crippen molar-refractivity contribution in [1.29, 1.82) is 0 Å². The molecule has 2 aliphatic rings. The van der Waals surface area contributed by atoms with Gasteiger partial charge in [-0.3, -0.25) is 14.6 Å². The van der Waals surface area contributed by atoms with Crippen LogP contribution in [-0.2, 0) is 4.74 Å². The third-order valence-corrected chi connectivity index (χ3v) is 7.79. The maximum Gasteiger partial charge on any atom is 0.349 e. The lowest BCUT2D eigenvalue weighted by Crippen LogP contribution is -2.52. The number of hydrogen-bond donors (Lipinski definition) is 2. The molecule has 1 spiro atoms. The standard InChI is InChI=1S/C27H28Cl2N4O6/c1-26(2)14-27(7-9-38-26)6-3-8-32(15-27)24(36)18-12-17(4-5-21(18)34)39-23-19(28)10-16(11-20(23)29)33-25(37)31-22(35)13-30-33/h4-5,10-13,34H,3,6-9,14-15H2,1-2H3,(H,31,35,37). The molecule has 5 rings (SSSR count). The summed E-state index contributed by atoms with van der Waals surface area (Å²) in [5.41, 5.74) is -1.31. The van der Waals surface area contributed by atoms with E-state index in [-0.39, 0.29) is 55.5 Å². The largest absolute Gasteiger partial charge is 0.507 e. The molecule has 0 aliphatic carbocycles. The zero-order valence-electron chi connectivity index (χ0n) is 21.5. The molecule has 1 amide bonds. The molecule has 1 aromatic heterocycles. The third-order valence-electron chi connectivity index (χ3n) is 7.23. The van der Waals surface area contributed by atoms with Crippen molar-refractivity contribution in [2.75, 3.05) is 19.7 Å².